The highest BCUT2D eigenvalue weighted by molar-refractivity contribution is 5.18. The fraction of sp³-hybridized carbons (Fsp3) is 0.667. The van der Waals surface area contributed by atoms with Crippen LogP contribution in [0.2, 0.25) is 0 Å². The van der Waals surface area contributed by atoms with E-state index in [2.05, 4.69) is 42.2 Å². The van der Waals surface area contributed by atoms with Gasteiger partial charge in [0, 0.05) is 18.6 Å². The van der Waals surface area contributed by atoms with Gasteiger partial charge in [-0.15, -0.1) is 0 Å². The lowest BCUT2D eigenvalue weighted by Crippen LogP contribution is -2.38. The van der Waals surface area contributed by atoms with Gasteiger partial charge in [-0.3, -0.25) is 4.90 Å². The Morgan fingerprint density at radius 2 is 1.75 bits per heavy atom. The minimum absolute atomic E-state index is 0.505. The van der Waals surface area contributed by atoms with E-state index in [1.165, 1.54) is 44.1 Å². The van der Waals surface area contributed by atoms with Gasteiger partial charge in [0.1, 0.15) is 0 Å². The molecule has 112 valence electrons. The Morgan fingerprint density at radius 3 is 2.35 bits per heavy atom. The summed E-state index contributed by atoms with van der Waals surface area (Å²) >= 11 is 0. The molecular weight excluding hydrogens is 244 g/mol. The first-order valence-corrected chi connectivity index (χ1v) is 8.33. The Bertz CT molecular complexity index is 355. The average molecular weight is 274 g/mol. The van der Waals surface area contributed by atoms with Crippen LogP contribution in [0.4, 0.5) is 0 Å². The van der Waals surface area contributed by atoms with E-state index >= 15 is 0 Å². The summed E-state index contributed by atoms with van der Waals surface area (Å²) in [7, 11) is 0. The van der Waals surface area contributed by atoms with Crippen LogP contribution >= 0.6 is 0 Å². The summed E-state index contributed by atoms with van der Waals surface area (Å²) in [4.78, 5) is 2.72. The van der Waals surface area contributed by atoms with Crippen LogP contribution in [0.25, 0.3) is 0 Å². The van der Waals surface area contributed by atoms with Crippen molar-refractivity contribution in [1.82, 2.24) is 4.90 Å². The van der Waals surface area contributed by atoms with Crippen LogP contribution in [0.3, 0.4) is 0 Å². The maximum atomic E-state index is 5.75. The molecule has 0 saturated heterocycles. The molecule has 1 aromatic carbocycles. The van der Waals surface area contributed by atoms with Crippen molar-refractivity contribution in [3.05, 3.63) is 35.9 Å². The zero-order valence-corrected chi connectivity index (χ0v) is 12.9. The maximum absolute atomic E-state index is 5.75. The molecule has 0 spiro atoms. The number of benzene rings is 1. The summed E-state index contributed by atoms with van der Waals surface area (Å²) in [6, 6.07) is 12.2. The second-order valence-electron chi connectivity index (χ2n) is 6.11. The molecule has 1 unspecified atom stereocenters. The van der Waals surface area contributed by atoms with Crippen LogP contribution in [0.1, 0.15) is 63.5 Å². The number of hydrogen-bond donors (Lipinski definition) is 1. The standard InChI is InChI=1S/C18H30N2/c1-16(17-10-5-4-6-11-17)20(15-9-14-19)18-12-7-2-3-8-13-18/h4-6,10-11,16,18H,2-3,7-9,12-15,19H2,1H3. The minimum atomic E-state index is 0.505. The van der Waals surface area contributed by atoms with E-state index in [-0.39, 0.29) is 0 Å². The van der Waals surface area contributed by atoms with E-state index in [1.807, 2.05) is 0 Å². The first kappa shape index (κ1) is 15.5. The molecule has 1 fully saturated rings. The van der Waals surface area contributed by atoms with Crippen LogP contribution in [0.5, 0.6) is 0 Å². The average Bonchev–Trinajstić information content (AvgIpc) is 2.77. The monoisotopic (exact) mass is 274 g/mol. The molecule has 0 radical (unpaired) electrons. The molecule has 1 aliphatic carbocycles. The van der Waals surface area contributed by atoms with Crippen LogP contribution in [-0.4, -0.2) is 24.0 Å². The largest absolute Gasteiger partial charge is 0.330 e. The molecule has 0 aliphatic heterocycles. The Kier molecular flexibility index (Phi) is 6.55. The summed E-state index contributed by atoms with van der Waals surface area (Å²) in [5.41, 5.74) is 7.19. The number of rotatable bonds is 6. The van der Waals surface area contributed by atoms with Crippen molar-refractivity contribution in [1.29, 1.82) is 0 Å². The second kappa shape index (κ2) is 8.43. The van der Waals surface area contributed by atoms with Crippen LogP contribution in [-0.2, 0) is 0 Å². The van der Waals surface area contributed by atoms with Gasteiger partial charge in [-0.2, -0.15) is 0 Å². The number of nitrogens with two attached hydrogens (primary N) is 1. The summed E-state index contributed by atoms with van der Waals surface area (Å²) in [6.07, 6.45) is 9.45. The third-order valence-electron chi connectivity index (χ3n) is 4.69. The van der Waals surface area contributed by atoms with Gasteiger partial charge in [-0.1, -0.05) is 56.0 Å². The van der Waals surface area contributed by atoms with Crippen molar-refractivity contribution in [2.45, 2.75) is 64.0 Å². The van der Waals surface area contributed by atoms with Gasteiger partial charge in [-0.05, 0) is 38.3 Å². The van der Waals surface area contributed by atoms with Crippen molar-refractivity contribution >= 4 is 0 Å². The minimum Gasteiger partial charge on any atom is -0.330 e. The summed E-state index contributed by atoms with van der Waals surface area (Å²) in [5.74, 6) is 0. The maximum Gasteiger partial charge on any atom is 0.0322 e. The van der Waals surface area contributed by atoms with Crippen molar-refractivity contribution in [3.63, 3.8) is 0 Å². The quantitative estimate of drug-likeness (QED) is 0.791. The molecule has 20 heavy (non-hydrogen) atoms. The lowest BCUT2D eigenvalue weighted by Gasteiger charge is -2.36. The highest BCUT2D eigenvalue weighted by atomic mass is 15.2. The van der Waals surface area contributed by atoms with Gasteiger partial charge in [-0.25, -0.2) is 0 Å². The van der Waals surface area contributed by atoms with Crippen molar-refractivity contribution in [2.24, 2.45) is 5.73 Å². The van der Waals surface area contributed by atoms with E-state index in [9.17, 15) is 0 Å². The smallest absolute Gasteiger partial charge is 0.0322 e. The molecule has 0 heterocycles. The second-order valence-corrected chi connectivity index (χ2v) is 6.11. The molecule has 0 amide bonds. The zero-order valence-electron chi connectivity index (χ0n) is 12.9. The zero-order chi connectivity index (χ0) is 14.2. The van der Waals surface area contributed by atoms with E-state index in [1.54, 1.807) is 0 Å². The third kappa shape index (κ3) is 4.32. The van der Waals surface area contributed by atoms with E-state index in [0.717, 1.165) is 25.6 Å². The van der Waals surface area contributed by atoms with Gasteiger partial charge < -0.3 is 5.73 Å². The van der Waals surface area contributed by atoms with Crippen LogP contribution in [0, 0.1) is 0 Å². The van der Waals surface area contributed by atoms with Crippen LogP contribution < -0.4 is 5.73 Å². The van der Waals surface area contributed by atoms with Crippen molar-refractivity contribution < 1.29 is 0 Å². The third-order valence-corrected chi connectivity index (χ3v) is 4.69. The molecular formula is C18H30N2. The van der Waals surface area contributed by atoms with E-state index in [0.29, 0.717) is 6.04 Å². The molecule has 2 heteroatoms. The highest BCUT2D eigenvalue weighted by Gasteiger charge is 2.24. The lowest BCUT2D eigenvalue weighted by molar-refractivity contribution is 0.128. The van der Waals surface area contributed by atoms with E-state index in [4.69, 9.17) is 5.73 Å². The predicted octanol–water partition coefficient (Wildman–Crippen LogP) is 4.12. The van der Waals surface area contributed by atoms with Gasteiger partial charge in [0.2, 0.25) is 0 Å². The first-order chi connectivity index (χ1) is 9.83. The van der Waals surface area contributed by atoms with Gasteiger partial charge in [0.15, 0.2) is 0 Å². The normalized spacial score (nSPS) is 18.9. The molecule has 0 aromatic heterocycles. The topological polar surface area (TPSA) is 29.3 Å². The molecule has 1 aliphatic rings. The SMILES string of the molecule is CC(c1ccccc1)N(CCCN)C1CCCCCC1. The van der Waals surface area contributed by atoms with E-state index < -0.39 is 0 Å². The predicted molar refractivity (Wildman–Crippen MR) is 86.7 cm³/mol. The van der Waals surface area contributed by atoms with Gasteiger partial charge in [0.25, 0.3) is 0 Å². The lowest BCUT2D eigenvalue weighted by atomic mass is 10.0. The Hall–Kier alpha value is -0.860. The molecule has 1 atom stereocenters. The van der Waals surface area contributed by atoms with Gasteiger partial charge >= 0.3 is 0 Å². The highest BCUT2D eigenvalue weighted by Crippen LogP contribution is 2.29. The molecule has 0 bridgehead atoms. The fourth-order valence-corrected chi connectivity index (χ4v) is 3.48. The molecule has 2 nitrogen and oxygen atoms in total. The number of nitrogens with zero attached hydrogens (tertiary/aromatic N) is 1. The Balaban J connectivity index is 2.08. The van der Waals surface area contributed by atoms with Crippen LogP contribution in [0.15, 0.2) is 30.3 Å². The molecule has 1 aromatic rings. The fourth-order valence-electron chi connectivity index (χ4n) is 3.48. The van der Waals surface area contributed by atoms with Crippen molar-refractivity contribution in [2.75, 3.05) is 13.1 Å². The van der Waals surface area contributed by atoms with Crippen molar-refractivity contribution in [3.8, 4) is 0 Å². The molecule has 2 rings (SSSR count). The summed E-state index contributed by atoms with van der Waals surface area (Å²) in [5, 5.41) is 0. The molecule has 2 N–H and O–H groups in total. The first-order valence-electron chi connectivity index (χ1n) is 8.33. The summed E-state index contributed by atoms with van der Waals surface area (Å²) < 4.78 is 0. The molecule has 1 saturated carbocycles. The summed E-state index contributed by atoms with van der Waals surface area (Å²) in [6.45, 7) is 4.29. The van der Waals surface area contributed by atoms with Gasteiger partial charge in [0.05, 0.1) is 0 Å². The number of hydrogen-bond acceptors (Lipinski definition) is 2. The Morgan fingerprint density at radius 1 is 1.10 bits per heavy atom. The Labute approximate surface area is 124 Å².